The number of nitrogens with one attached hydrogen (secondary N) is 1. The smallest absolute Gasteiger partial charge is 0.231 e. The fourth-order valence-electron chi connectivity index (χ4n) is 4.08. The van der Waals surface area contributed by atoms with Gasteiger partial charge in [-0.3, -0.25) is 4.79 Å². The normalized spacial score (nSPS) is 22.7. The lowest BCUT2D eigenvalue weighted by Gasteiger charge is -2.31. The number of hydrogen-bond donors (Lipinski definition) is 1. The van der Waals surface area contributed by atoms with Gasteiger partial charge in [-0.2, -0.15) is 11.3 Å². The van der Waals surface area contributed by atoms with Crippen molar-refractivity contribution in [2.45, 2.75) is 44.7 Å². The largest absolute Gasteiger partial charge is 0.334 e. The van der Waals surface area contributed by atoms with Crippen LogP contribution in [0.25, 0.3) is 0 Å². The van der Waals surface area contributed by atoms with E-state index in [1.165, 1.54) is 29.7 Å². The van der Waals surface area contributed by atoms with Crippen LogP contribution >= 0.6 is 34.3 Å². The van der Waals surface area contributed by atoms with Gasteiger partial charge in [-0.15, -0.1) is 11.3 Å². The molecule has 3 nitrogen and oxygen atoms in total. The van der Waals surface area contributed by atoms with Crippen LogP contribution in [0, 0.1) is 5.41 Å². The first kappa shape index (κ1) is 17.5. The summed E-state index contributed by atoms with van der Waals surface area (Å²) in [6.45, 7) is 4.90. The minimum absolute atomic E-state index is 0.129. The van der Waals surface area contributed by atoms with E-state index in [-0.39, 0.29) is 11.8 Å². The molecule has 1 aliphatic heterocycles. The number of carbonyl (C=O) groups excluding carboxylic acids is 1. The Balaban J connectivity index is 1.55. The Bertz CT molecular complexity index is 736. The van der Waals surface area contributed by atoms with Crippen LogP contribution in [0.2, 0.25) is 4.34 Å². The molecule has 3 heterocycles. The van der Waals surface area contributed by atoms with Crippen molar-refractivity contribution in [3.8, 4) is 0 Å². The highest BCUT2D eigenvalue weighted by atomic mass is 35.5. The summed E-state index contributed by atoms with van der Waals surface area (Å²) in [5, 5.41) is 7.70. The minimum atomic E-state index is -0.129. The zero-order valence-corrected chi connectivity index (χ0v) is 16.7. The first-order chi connectivity index (χ1) is 12.1. The second-order valence-electron chi connectivity index (χ2n) is 7.29. The number of halogens is 1. The van der Waals surface area contributed by atoms with Gasteiger partial charge in [0.15, 0.2) is 0 Å². The lowest BCUT2D eigenvalue weighted by atomic mass is 9.93. The molecule has 2 atom stereocenters. The second kappa shape index (κ2) is 7.03. The number of piperidine rings is 1. The molecule has 1 N–H and O–H groups in total. The zero-order chi connectivity index (χ0) is 17.4. The summed E-state index contributed by atoms with van der Waals surface area (Å²) in [6.07, 6.45) is 3.52. The van der Waals surface area contributed by atoms with E-state index in [9.17, 15) is 4.79 Å². The molecule has 134 valence electrons. The molecule has 0 bridgehead atoms. The summed E-state index contributed by atoms with van der Waals surface area (Å²) >= 11 is 9.30. The zero-order valence-electron chi connectivity index (χ0n) is 14.3. The van der Waals surface area contributed by atoms with Gasteiger partial charge in [-0.05, 0) is 79.2 Å². The first-order valence-electron chi connectivity index (χ1n) is 8.87. The van der Waals surface area contributed by atoms with Gasteiger partial charge in [0.2, 0.25) is 5.91 Å². The highest BCUT2D eigenvalue weighted by Crippen LogP contribution is 2.56. The summed E-state index contributed by atoms with van der Waals surface area (Å²) < 4.78 is 0.750. The third-order valence-electron chi connectivity index (χ3n) is 5.73. The van der Waals surface area contributed by atoms with Gasteiger partial charge in [0.1, 0.15) is 0 Å². The third kappa shape index (κ3) is 3.52. The van der Waals surface area contributed by atoms with E-state index in [0.29, 0.717) is 11.5 Å². The van der Waals surface area contributed by atoms with Gasteiger partial charge >= 0.3 is 0 Å². The highest BCUT2D eigenvalue weighted by Gasteiger charge is 2.58. The monoisotopic (exact) mass is 394 g/mol. The summed E-state index contributed by atoms with van der Waals surface area (Å²) in [5.74, 6) is 0.112. The van der Waals surface area contributed by atoms with E-state index >= 15 is 0 Å². The summed E-state index contributed by atoms with van der Waals surface area (Å²) in [5.41, 5.74) is 1.59. The lowest BCUT2D eigenvalue weighted by Crippen LogP contribution is -2.40. The van der Waals surface area contributed by atoms with Crippen molar-refractivity contribution in [2.75, 3.05) is 13.1 Å². The standard InChI is InChI=1S/C19H23ClN2OS2/c1-13(15-2-3-17(20)25-15)18(23)22(11-14-4-9-24-12-14)16-10-19(16)5-7-21-8-6-19/h2-4,9,12-13,16,21H,5-8,10-11H2,1H3. The van der Waals surface area contributed by atoms with Crippen LogP contribution in [0.4, 0.5) is 0 Å². The third-order valence-corrected chi connectivity index (χ3v) is 7.88. The quantitative estimate of drug-likeness (QED) is 0.794. The van der Waals surface area contributed by atoms with Crippen molar-refractivity contribution < 1.29 is 4.79 Å². The van der Waals surface area contributed by atoms with Crippen LogP contribution in [0.1, 0.15) is 42.5 Å². The maximum Gasteiger partial charge on any atom is 0.231 e. The Kier molecular flexibility index (Phi) is 4.93. The average Bonchev–Trinajstić information content (AvgIpc) is 3.01. The molecule has 1 aliphatic carbocycles. The van der Waals surface area contributed by atoms with Crippen LogP contribution in [-0.2, 0) is 11.3 Å². The van der Waals surface area contributed by atoms with Gasteiger partial charge in [-0.1, -0.05) is 11.6 Å². The molecule has 2 aliphatic rings. The Morgan fingerprint density at radius 2 is 2.20 bits per heavy atom. The molecule has 2 unspecified atom stereocenters. The van der Waals surface area contributed by atoms with Crippen LogP contribution < -0.4 is 5.32 Å². The molecule has 0 aromatic carbocycles. The molecule has 2 fully saturated rings. The van der Waals surface area contributed by atoms with Crippen molar-refractivity contribution in [1.29, 1.82) is 0 Å². The Hall–Kier alpha value is -0.880. The Labute approximate surface area is 162 Å². The van der Waals surface area contributed by atoms with E-state index in [1.807, 2.05) is 19.1 Å². The fraction of sp³-hybridized carbons (Fsp3) is 0.526. The molecule has 1 spiro atoms. The van der Waals surface area contributed by atoms with Gasteiger partial charge in [0.05, 0.1) is 10.3 Å². The van der Waals surface area contributed by atoms with Crippen molar-refractivity contribution in [3.63, 3.8) is 0 Å². The van der Waals surface area contributed by atoms with Gasteiger partial charge in [0.25, 0.3) is 0 Å². The number of hydrogen-bond acceptors (Lipinski definition) is 4. The summed E-state index contributed by atoms with van der Waals surface area (Å²) in [6, 6.07) is 6.40. The molecule has 1 saturated carbocycles. The van der Waals surface area contributed by atoms with Gasteiger partial charge in [-0.25, -0.2) is 0 Å². The van der Waals surface area contributed by atoms with Crippen molar-refractivity contribution in [1.82, 2.24) is 10.2 Å². The topological polar surface area (TPSA) is 32.3 Å². The molecular formula is C19H23ClN2OS2. The molecule has 4 rings (SSSR count). The number of rotatable bonds is 5. The molecular weight excluding hydrogens is 372 g/mol. The Morgan fingerprint density at radius 1 is 1.40 bits per heavy atom. The predicted octanol–water partition coefficient (Wildman–Crippen LogP) is 4.74. The number of thiophene rings is 2. The van der Waals surface area contributed by atoms with E-state index in [2.05, 4.69) is 27.0 Å². The highest BCUT2D eigenvalue weighted by molar-refractivity contribution is 7.16. The number of amides is 1. The van der Waals surface area contributed by atoms with Crippen molar-refractivity contribution in [3.05, 3.63) is 43.7 Å². The van der Waals surface area contributed by atoms with Crippen LogP contribution in [-0.4, -0.2) is 29.9 Å². The number of carbonyl (C=O) groups is 1. The SMILES string of the molecule is CC(C(=O)N(Cc1ccsc1)C1CC12CCNCC2)c1ccc(Cl)s1. The molecule has 25 heavy (non-hydrogen) atoms. The van der Waals surface area contributed by atoms with Crippen molar-refractivity contribution in [2.24, 2.45) is 5.41 Å². The van der Waals surface area contributed by atoms with Gasteiger partial charge in [0, 0.05) is 17.5 Å². The fourth-order valence-corrected chi connectivity index (χ4v) is 5.85. The van der Waals surface area contributed by atoms with Crippen LogP contribution in [0.15, 0.2) is 29.0 Å². The van der Waals surface area contributed by atoms with E-state index < -0.39 is 0 Å². The molecule has 6 heteroatoms. The minimum Gasteiger partial charge on any atom is -0.334 e. The average molecular weight is 395 g/mol. The maximum absolute atomic E-state index is 13.4. The van der Waals surface area contributed by atoms with Crippen molar-refractivity contribution >= 4 is 40.2 Å². The molecule has 1 saturated heterocycles. The molecule has 0 radical (unpaired) electrons. The predicted molar refractivity (Wildman–Crippen MR) is 106 cm³/mol. The number of nitrogens with zero attached hydrogens (tertiary/aromatic N) is 1. The van der Waals surface area contributed by atoms with E-state index in [0.717, 1.165) is 35.3 Å². The van der Waals surface area contributed by atoms with Crippen LogP contribution in [0.3, 0.4) is 0 Å². The van der Waals surface area contributed by atoms with Crippen LogP contribution in [0.5, 0.6) is 0 Å². The van der Waals surface area contributed by atoms with Gasteiger partial charge < -0.3 is 10.2 Å². The van der Waals surface area contributed by atoms with E-state index in [1.54, 1.807) is 11.3 Å². The summed E-state index contributed by atoms with van der Waals surface area (Å²) in [4.78, 5) is 16.6. The molecule has 2 aromatic rings. The Morgan fingerprint density at radius 3 is 2.84 bits per heavy atom. The molecule has 1 amide bonds. The molecule has 2 aromatic heterocycles. The second-order valence-corrected chi connectivity index (χ2v) is 9.82. The lowest BCUT2D eigenvalue weighted by molar-refractivity contribution is -0.134. The summed E-state index contributed by atoms with van der Waals surface area (Å²) in [7, 11) is 0. The van der Waals surface area contributed by atoms with E-state index in [4.69, 9.17) is 11.6 Å². The first-order valence-corrected chi connectivity index (χ1v) is 11.0. The maximum atomic E-state index is 13.4.